The molecule has 0 saturated heterocycles. The van der Waals surface area contributed by atoms with Crippen LogP contribution in [0.4, 0.5) is 11.5 Å². The van der Waals surface area contributed by atoms with E-state index in [-0.39, 0.29) is 11.5 Å². The van der Waals surface area contributed by atoms with Gasteiger partial charge >= 0.3 is 0 Å². The van der Waals surface area contributed by atoms with Crippen molar-refractivity contribution in [2.45, 2.75) is 0 Å². The molecule has 0 radical (unpaired) electrons. The molecule has 6 heteroatoms. The molecule has 2 N–H and O–H groups in total. The predicted octanol–water partition coefficient (Wildman–Crippen LogP) is 4.44. The molecule has 2 aromatic carbocycles. The van der Waals surface area contributed by atoms with Crippen molar-refractivity contribution in [1.29, 1.82) is 0 Å². The molecule has 0 spiro atoms. The number of benzene rings is 2. The van der Waals surface area contributed by atoms with Crippen molar-refractivity contribution in [3.63, 3.8) is 0 Å². The second kappa shape index (κ2) is 8.73. The number of carbonyl (C=O) groups excluding carboxylic acids is 1. The standard InChI is InChI=1S/C22H20N2O4/c1-27-20-12-6-16(14-21(20)28-2)19(26)11-5-15-4-3-13-23-22(15)24-17-7-9-18(25)10-8-17/h3-14,25H,1-2H3,(H,23,24)/b11-5+. The van der Waals surface area contributed by atoms with E-state index in [2.05, 4.69) is 10.3 Å². The number of allylic oxidation sites excluding steroid dienone is 1. The minimum Gasteiger partial charge on any atom is -0.508 e. The molecule has 0 bridgehead atoms. The second-order valence-corrected chi connectivity index (χ2v) is 5.88. The van der Waals surface area contributed by atoms with E-state index in [1.54, 1.807) is 67.9 Å². The van der Waals surface area contributed by atoms with E-state index in [0.717, 1.165) is 11.3 Å². The summed E-state index contributed by atoms with van der Waals surface area (Å²) in [5, 5.41) is 12.6. The number of aromatic hydroxyl groups is 1. The number of nitrogens with one attached hydrogen (secondary N) is 1. The number of hydrogen-bond donors (Lipinski definition) is 2. The predicted molar refractivity (Wildman–Crippen MR) is 109 cm³/mol. The number of aromatic nitrogens is 1. The average molecular weight is 376 g/mol. The van der Waals surface area contributed by atoms with Gasteiger partial charge in [-0.3, -0.25) is 4.79 Å². The van der Waals surface area contributed by atoms with Gasteiger partial charge in [-0.25, -0.2) is 4.98 Å². The highest BCUT2D eigenvalue weighted by Gasteiger charge is 2.09. The summed E-state index contributed by atoms with van der Waals surface area (Å²) >= 11 is 0. The summed E-state index contributed by atoms with van der Waals surface area (Å²) in [6.07, 6.45) is 4.85. The molecule has 1 heterocycles. The molecule has 0 atom stereocenters. The van der Waals surface area contributed by atoms with E-state index in [4.69, 9.17) is 9.47 Å². The molecule has 1 aromatic heterocycles. The molecule has 6 nitrogen and oxygen atoms in total. The van der Waals surface area contributed by atoms with Crippen molar-refractivity contribution >= 4 is 23.4 Å². The Balaban J connectivity index is 1.80. The first-order valence-corrected chi connectivity index (χ1v) is 8.56. The van der Waals surface area contributed by atoms with E-state index in [1.807, 2.05) is 6.07 Å². The molecule has 0 unspecified atom stereocenters. The van der Waals surface area contributed by atoms with E-state index in [1.165, 1.54) is 13.2 Å². The van der Waals surface area contributed by atoms with Crippen molar-refractivity contribution in [2.75, 3.05) is 19.5 Å². The van der Waals surface area contributed by atoms with Crippen LogP contribution in [0.1, 0.15) is 15.9 Å². The topological polar surface area (TPSA) is 80.7 Å². The second-order valence-electron chi connectivity index (χ2n) is 5.88. The van der Waals surface area contributed by atoms with Gasteiger partial charge in [-0.1, -0.05) is 0 Å². The Hall–Kier alpha value is -3.80. The molecule has 0 fully saturated rings. The molecule has 0 aliphatic heterocycles. The third-order valence-electron chi connectivity index (χ3n) is 4.05. The van der Waals surface area contributed by atoms with Crippen LogP contribution in [-0.2, 0) is 0 Å². The number of phenols is 1. The monoisotopic (exact) mass is 376 g/mol. The van der Waals surface area contributed by atoms with Gasteiger partial charge in [-0.15, -0.1) is 0 Å². The van der Waals surface area contributed by atoms with Crippen LogP contribution in [0.2, 0.25) is 0 Å². The normalized spacial score (nSPS) is 10.6. The van der Waals surface area contributed by atoms with Gasteiger partial charge in [0, 0.05) is 23.0 Å². The zero-order valence-electron chi connectivity index (χ0n) is 15.5. The Morgan fingerprint density at radius 1 is 1.04 bits per heavy atom. The summed E-state index contributed by atoms with van der Waals surface area (Å²) in [7, 11) is 3.07. The SMILES string of the molecule is COc1ccc(C(=O)/C=C/c2cccnc2Nc2ccc(O)cc2)cc1OC. The Morgan fingerprint density at radius 2 is 1.79 bits per heavy atom. The minimum atomic E-state index is -0.166. The Labute approximate surface area is 163 Å². The van der Waals surface area contributed by atoms with Crippen LogP contribution in [0.3, 0.4) is 0 Å². The van der Waals surface area contributed by atoms with Gasteiger partial charge < -0.3 is 19.9 Å². The van der Waals surface area contributed by atoms with E-state index in [9.17, 15) is 9.90 Å². The van der Waals surface area contributed by atoms with Crippen molar-refractivity contribution < 1.29 is 19.4 Å². The maximum absolute atomic E-state index is 12.5. The third-order valence-corrected chi connectivity index (χ3v) is 4.05. The van der Waals surface area contributed by atoms with Crippen molar-refractivity contribution in [2.24, 2.45) is 0 Å². The number of nitrogens with zero attached hydrogens (tertiary/aromatic N) is 1. The van der Waals surface area contributed by atoms with Gasteiger partial charge in [-0.05, 0) is 66.7 Å². The lowest BCUT2D eigenvalue weighted by Crippen LogP contribution is -1.98. The number of ketones is 1. The summed E-state index contributed by atoms with van der Waals surface area (Å²) in [4.78, 5) is 16.9. The zero-order valence-corrected chi connectivity index (χ0v) is 15.5. The van der Waals surface area contributed by atoms with Crippen LogP contribution in [0.5, 0.6) is 17.2 Å². The van der Waals surface area contributed by atoms with E-state index < -0.39 is 0 Å². The molecular weight excluding hydrogens is 356 g/mol. The first-order chi connectivity index (χ1) is 13.6. The maximum atomic E-state index is 12.5. The fraction of sp³-hybridized carbons (Fsp3) is 0.0909. The number of carbonyl (C=O) groups is 1. The number of ether oxygens (including phenoxy) is 2. The summed E-state index contributed by atoms with van der Waals surface area (Å²) in [6, 6.07) is 15.3. The van der Waals surface area contributed by atoms with Crippen LogP contribution >= 0.6 is 0 Å². The summed E-state index contributed by atoms with van der Waals surface area (Å²) in [6.45, 7) is 0. The van der Waals surface area contributed by atoms with Gasteiger partial charge in [0.1, 0.15) is 11.6 Å². The van der Waals surface area contributed by atoms with Gasteiger partial charge in [0.2, 0.25) is 0 Å². The van der Waals surface area contributed by atoms with Crippen LogP contribution < -0.4 is 14.8 Å². The van der Waals surface area contributed by atoms with Crippen molar-refractivity contribution in [1.82, 2.24) is 4.98 Å². The summed E-state index contributed by atoms with van der Waals surface area (Å²) in [5.41, 5.74) is 2.02. The average Bonchev–Trinajstić information content (AvgIpc) is 2.74. The Morgan fingerprint density at radius 3 is 2.50 bits per heavy atom. The molecule has 142 valence electrons. The first kappa shape index (κ1) is 19.0. The molecule has 0 aliphatic carbocycles. The first-order valence-electron chi connectivity index (χ1n) is 8.56. The van der Waals surface area contributed by atoms with Crippen LogP contribution in [0.15, 0.2) is 66.9 Å². The van der Waals surface area contributed by atoms with Crippen molar-refractivity contribution in [3.05, 3.63) is 78.0 Å². The lowest BCUT2D eigenvalue weighted by atomic mass is 10.1. The Bertz CT molecular complexity index is 998. The number of methoxy groups -OCH3 is 2. The van der Waals surface area contributed by atoms with Crippen LogP contribution in [0.25, 0.3) is 6.08 Å². The number of anilines is 2. The van der Waals surface area contributed by atoms with Crippen molar-refractivity contribution in [3.8, 4) is 17.2 Å². The highest BCUT2D eigenvalue weighted by atomic mass is 16.5. The van der Waals surface area contributed by atoms with Gasteiger partial charge in [0.05, 0.1) is 14.2 Å². The molecule has 0 amide bonds. The smallest absolute Gasteiger partial charge is 0.185 e. The fourth-order valence-corrected chi connectivity index (χ4v) is 2.59. The molecular formula is C22H20N2O4. The van der Waals surface area contributed by atoms with E-state index >= 15 is 0 Å². The Kier molecular flexibility index (Phi) is 5.91. The highest BCUT2D eigenvalue weighted by molar-refractivity contribution is 6.07. The number of pyridine rings is 1. The third kappa shape index (κ3) is 4.48. The number of phenolic OH excluding ortho intramolecular Hbond substituents is 1. The quantitative estimate of drug-likeness (QED) is 0.360. The number of hydrogen-bond acceptors (Lipinski definition) is 6. The van der Waals surface area contributed by atoms with Crippen LogP contribution in [0, 0.1) is 0 Å². The van der Waals surface area contributed by atoms with Gasteiger partial charge in [0.15, 0.2) is 17.3 Å². The maximum Gasteiger partial charge on any atom is 0.185 e. The lowest BCUT2D eigenvalue weighted by molar-refractivity contribution is 0.104. The number of rotatable bonds is 7. The molecule has 3 rings (SSSR count). The fourth-order valence-electron chi connectivity index (χ4n) is 2.59. The minimum absolute atomic E-state index is 0.166. The summed E-state index contributed by atoms with van der Waals surface area (Å²) < 4.78 is 10.4. The molecule has 0 saturated carbocycles. The van der Waals surface area contributed by atoms with Gasteiger partial charge in [0.25, 0.3) is 0 Å². The zero-order chi connectivity index (χ0) is 19.9. The highest BCUT2D eigenvalue weighted by Crippen LogP contribution is 2.28. The van der Waals surface area contributed by atoms with E-state index in [0.29, 0.717) is 22.9 Å². The molecule has 3 aromatic rings. The largest absolute Gasteiger partial charge is 0.508 e. The lowest BCUT2D eigenvalue weighted by Gasteiger charge is -2.09. The van der Waals surface area contributed by atoms with Gasteiger partial charge in [-0.2, -0.15) is 0 Å². The molecule has 28 heavy (non-hydrogen) atoms. The molecule has 0 aliphatic rings. The van der Waals surface area contributed by atoms with Crippen LogP contribution in [-0.4, -0.2) is 30.1 Å². The summed E-state index contributed by atoms with van der Waals surface area (Å²) in [5.74, 6) is 1.69.